The number of hydrogen-bond donors (Lipinski definition) is 0. The molecule has 0 aliphatic heterocycles. The van der Waals surface area contributed by atoms with Crippen LogP contribution in [-0.2, 0) is 0 Å². The lowest BCUT2D eigenvalue weighted by Gasteiger charge is -2.22. The van der Waals surface area contributed by atoms with Crippen LogP contribution in [-0.4, -0.2) is 57.2 Å². The third-order valence-electron chi connectivity index (χ3n) is 4.17. The molecule has 3 aromatic rings. The lowest BCUT2D eigenvalue weighted by molar-refractivity contribution is 0.0982. The smallest absolute Gasteiger partial charge is 0.263 e. The fourth-order valence-electron chi connectivity index (χ4n) is 2.69. The summed E-state index contributed by atoms with van der Waals surface area (Å²) in [5.41, 5.74) is 1.37. The highest BCUT2D eigenvalue weighted by molar-refractivity contribution is 7.22. The number of halogens is 1. The SMILES string of the molecule is COc1ccc2nc(N(CCN(C)C)C(=O)c3ccccc3OC)sc2c1.Cl. The molecule has 0 aliphatic rings. The van der Waals surface area contributed by atoms with Crippen molar-refractivity contribution in [2.24, 2.45) is 0 Å². The number of para-hydroxylation sites is 1. The summed E-state index contributed by atoms with van der Waals surface area (Å²) in [4.78, 5) is 21.7. The number of thiazole rings is 1. The Morgan fingerprint density at radius 3 is 2.50 bits per heavy atom. The second kappa shape index (κ2) is 9.73. The maximum absolute atomic E-state index is 13.3. The van der Waals surface area contributed by atoms with Crippen LogP contribution in [0.3, 0.4) is 0 Å². The Morgan fingerprint density at radius 2 is 1.82 bits per heavy atom. The molecule has 0 radical (unpaired) electrons. The first-order valence-electron chi connectivity index (χ1n) is 8.57. The molecule has 8 heteroatoms. The molecule has 0 aliphatic carbocycles. The molecule has 6 nitrogen and oxygen atoms in total. The number of aromatic nitrogens is 1. The minimum absolute atomic E-state index is 0. The number of nitrogens with zero attached hydrogens (tertiary/aromatic N) is 3. The Kier molecular flexibility index (Phi) is 7.62. The predicted molar refractivity (Wildman–Crippen MR) is 117 cm³/mol. The van der Waals surface area contributed by atoms with Crippen molar-refractivity contribution in [2.45, 2.75) is 0 Å². The first kappa shape index (κ1) is 21.9. The molecule has 1 aromatic heterocycles. The van der Waals surface area contributed by atoms with Crippen molar-refractivity contribution in [3.05, 3.63) is 48.0 Å². The van der Waals surface area contributed by atoms with Crippen molar-refractivity contribution < 1.29 is 14.3 Å². The van der Waals surface area contributed by atoms with Gasteiger partial charge in [0.2, 0.25) is 0 Å². The summed E-state index contributed by atoms with van der Waals surface area (Å²) >= 11 is 1.48. The Labute approximate surface area is 175 Å². The largest absolute Gasteiger partial charge is 0.497 e. The van der Waals surface area contributed by atoms with E-state index >= 15 is 0 Å². The minimum Gasteiger partial charge on any atom is -0.497 e. The molecular weight excluding hydrogens is 398 g/mol. The van der Waals surface area contributed by atoms with Crippen molar-refractivity contribution in [1.82, 2.24) is 9.88 Å². The number of fused-ring (bicyclic) bond motifs is 1. The number of amides is 1. The van der Waals surface area contributed by atoms with Crippen LogP contribution in [0.2, 0.25) is 0 Å². The Morgan fingerprint density at radius 1 is 1.07 bits per heavy atom. The van der Waals surface area contributed by atoms with Gasteiger partial charge in [0.25, 0.3) is 5.91 Å². The molecule has 0 bridgehead atoms. The van der Waals surface area contributed by atoms with Gasteiger partial charge in [0, 0.05) is 13.1 Å². The molecule has 0 atom stereocenters. The zero-order valence-electron chi connectivity index (χ0n) is 16.3. The molecule has 150 valence electrons. The summed E-state index contributed by atoms with van der Waals surface area (Å²) < 4.78 is 11.6. The van der Waals surface area contributed by atoms with Crippen LogP contribution in [0.1, 0.15) is 10.4 Å². The summed E-state index contributed by atoms with van der Waals surface area (Å²) in [5.74, 6) is 1.20. The van der Waals surface area contributed by atoms with Crippen LogP contribution in [0.4, 0.5) is 5.13 Å². The topological polar surface area (TPSA) is 54.9 Å². The van der Waals surface area contributed by atoms with Crippen molar-refractivity contribution in [1.29, 1.82) is 0 Å². The average Bonchev–Trinajstić information content (AvgIpc) is 3.10. The fraction of sp³-hybridized carbons (Fsp3) is 0.300. The van der Waals surface area contributed by atoms with Gasteiger partial charge in [0.1, 0.15) is 11.5 Å². The molecule has 0 N–H and O–H groups in total. The second-order valence-corrected chi connectivity index (χ2v) is 7.30. The molecule has 0 unspecified atom stereocenters. The number of hydrogen-bond acceptors (Lipinski definition) is 6. The average molecular weight is 422 g/mol. The van der Waals surface area contributed by atoms with E-state index in [-0.39, 0.29) is 18.3 Å². The molecule has 1 amide bonds. The Balaban J connectivity index is 0.00000280. The van der Waals surface area contributed by atoms with E-state index in [1.54, 1.807) is 31.3 Å². The number of ether oxygens (including phenoxy) is 2. The lowest BCUT2D eigenvalue weighted by Crippen LogP contribution is -2.36. The van der Waals surface area contributed by atoms with Gasteiger partial charge in [0.05, 0.1) is 30.0 Å². The molecule has 3 rings (SSSR count). The molecular formula is C20H24ClN3O3S. The van der Waals surface area contributed by atoms with Crippen LogP contribution >= 0.6 is 23.7 Å². The van der Waals surface area contributed by atoms with E-state index in [4.69, 9.17) is 9.47 Å². The minimum atomic E-state index is -0.125. The molecule has 1 heterocycles. The van der Waals surface area contributed by atoms with Gasteiger partial charge in [-0.25, -0.2) is 4.98 Å². The summed E-state index contributed by atoms with van der Waals surface area (Å²) in [6.45, 7) is 1.25. The van der Waals surface area contributed by atoms with Crippen LogP contribution in [0.25, 0.3) is 10.2 Å². The number of carbonyl (C=O) groups excluding carboxylic acids is 1. The van der Waals surface area contributed by atoms with E-state index < -0.39 is 0 Å². The van der Waals surface area contributed by atoms with Crippen LogP contribution in [0, 0.1) is 0 Å². The highest BCUT2D eigenvalue weighted by Gasteiger charge is 2.24. The van der Waals surface area contributed by atoms with Crippen LogP contribution < -0.4 is 14.4 Å². The first-order chi connectivity index (χ1) is 13.0. The summed E-state index contributed by atoms with van der Waals surface area (Å²) in [6, 6.07) is 13.0. The molecule has 0 spiro atoms. The normalized spacial score (nSPS) is 10.6. The first-order valence-corrected chi connectivity index (χ1v) is 9.39. The van der Waals surface area contributed by atoms with Gasteiger partial charge in [-0.05, 0) is 44.4 Å². The zero-order chi connectivity index (χ0) is 19.4. The van der Waals surface area contributed by atoms with Crippen molar-refractivity contribution in [3.63, 3.8) is 0 Å². The molecule has 28 heavy (non-hydrogen) atoms. The van der Waals surface area contributed by atoms with Crippen LogP contribution in [0.15, 0.2) is 42.5 Å². The Hall–Kier alpha value is -2.35. The summed E-state index contributed by atoms with van der Waals surface area (Å²) in [6.07, 6.45) is 0. The van der Waals surface area contributed by atoms with Gasteiger partial charge in [0.15, 0.2) is 5.13 Å². The van der Waals surface area contributed by atoms with Gasteiger partial charge >= 0.3 is 0 Å². The van der Waals surface area contributed by atoms with E-state index in [1.165, 1.54) is 11.3 Å². The number of likely N-dealkylation sites (N-methyl/N-ethyl adjacent to an activating group) is 1. The number of rotatable bonds is 7. The number of methoxy groups -OCH3 is 2. The Bertz CT molecular complexity index is 945. The highest BCUT2D eigenvalue weighted by atomic mass is 35.5. The van der Waals surface area contributed by atoms with Gasteiger partial charge < -0.3 is 14.4 Å². The molecule has 0 saturated heterocycles. The number of carbonyl (C=O) groups is 1. The molecule has 0 saturated carbocycles. The molecule has 2 aromatic carbocycles. The number of benzene rings is 2. The van der Waals surface area contributed by atoms with Gasteiger partial charge in [-0.3, -0.25) is 9.69 Å². The number of anilines is 1. The third kappa shape index (κ3) is 4.73. The van der Waals surface area contributed by atoms with Gasteiger partial charge in [-0.1, -0.05) is 23.5 Å². The maximum Gasteiger partial charge on any atom is 0.263 e. The van der Waals surface area contributed by atoms with E-state index in [9.17, 15) is 4.79 Å². The van der Waals surface area contributed by atoms with E-state index in [2.05, 4.69) is 4.98 Å². The quantitative estimate of drug-likeness (QED) is 0.578. The summed E-state index contributed by atoms with van der Waals surface area (Å²) in [7, 11) is 7.17. The van der Waals surface area contributed by atoms with Gasteiger partial charge in [-0.2, -0.15) is 0 Å². The lowest BCUT2D eigenvalue weighted by atomic mass is 10.1. The predicted octanol–water partition coefficient (Wildman–Crippen LogP) is 3.94. The van der Waals surface area contributed by atoms with Gasteiger partial charge in [-0.15, -0.1) is 12.4 Å². The standard InChI is InChI=1S/C20H23N3O3S.ClH/c1-22(2)11-12-23(19(24)15-7-5-6-8-17(15)26-4)20-21-16-10-9-14(25-3)13-18(16)27-20;/h5-10,13H,11-12H2,1-4H3;1H. The summed E-state index contributed by atoms with van der Waals surface area (Å²) in [5, 5.41) is 0.663. The van der Waals surface area contributed by atoms with E-state index in [1.807, 2.05) is 49.3 Å². The second-order valence-electron chi connectivity index (χ2n) is 6.29. The van der Waals surface area contributed by atoms with E-state index in [0.29, 0.717) is 23.0 Å². The van der Waals surface area contributed by atoms with Crippen molar-refractivity contribution in [2.75, 3.05) is 46.3 Å². The third-order valence-corrected chi connectivity index (χ3v) is 5.21. The van der Waals surface area contributed by atoms with E-state index in [0.717, 1.165) is 22.5 Å². The fourth-order valence-corrected chi connectivity index (χ4v) is 3.70. The monoisotopic (exact) mass is 421 g/mol. The van der Waals surface area contributed by atoms with Crippen molar-refractivity contribution in [3.8, 4) is 11.5 Å². The van der Waals surface area contributed by atoms with Crippen molar-refractivity contribution >= 4 is 45.0 Å². The van der Waals surface area contributed by atoms with Crippen LogP contribution in [0.5, 0.6) is 11.5 Å². The maximum atomic E-state index is 13.3. The zero-order valence-corrected chi connectivity index (χ0v) is 18.0. The molecule has 0 fully saturated rings. The highest BCUT2D eigenvalue weighted by Crippen LogP contribution is 2.33.